The molecule has 2 saturated heterocycles. The highest BCUT2D eigenvalue weighted by molar-refractivity contribution is 14.0. The highest BCUT2D eigenvalue weighted by atomic mass is 127. The van der Waals surface area contributed by atoms with Gasteiger partial charge in [-0.05, 0) is 36.5 Å². The number of nitrogens with one attached hydrogen (secondary N) is 2. The minimum atomic E-state index is 0. The summed E-state index contributed by atoms with van der Waals surface area (Å²) in [6, 6.07) is 8.74. The zero-order chi connectivity index (χ0) is 19.8. The lowest BCUT2D eigenvalue weighted by Gasteiger charge is -2.34. The van der Waals surface area contributed by atoms with Crippen LogP contribution >= 0.6 is 24.0 Å². The van der Waals surface area contributed by atoms with Crippen LogP contribution in [0.2, 0.25) is 0 Å². The van der Waals surface area contributed by atoms with Gasteiger partial charge in [-0.25, -0.2) is 0 Å². The van der Waals surface area contributed by atoms with Crippen molar-refractivity contribution in [2.24, 2.45) is 10.9 Å². The molecular formula is C21H34IN5O2. The van der Waals surface area contributed by atoms with Crippen LogP contribution in [0.1, 0.15) is 24.8 Å². The van der Waals surface area contributed by atoms with E-state index in [1.807, 2.05) is 7.05 Å². The molecule has 0 aliphatic carbocycles. The molecule has 8 heteroatoms. The maximum absolute atomic E-state index is 11.6. The van der Waals surface area contributed by atoms with E-state index in [0.717, 1.165) is 64.7 Å². The smallest absolute Gasteiger partial charge is 0.220 e. The number of aliphatic imine (C=N–C) groups is 1. The number of morpholine rings is 1. The van der Waals surface area contributed by atoms with Crippen LogP contribution < -0.4 is 15.5 Å². The van der Waals surface area contributed by atoms with E-state index in [1.165, 1.54) is 11.3 Å². The first-order valence-electron chi connectivity index (χ1n) is 10.3. The van der Waals surface area contributed by atoms with Crippen molar-refractivity contribution in [3.8, 4) is 0 Å². The molecule has 1 aromatic rings. The first kappa shape index (κ1) is 23.7. The molecule has 0 saturated carbocycles. The lowest BCUT2D eigenvalue weighted by atomic mass is 9.93. The normalized spacial score (nSPS) is 18.2. The van der Waals surface area contributed by atoms with Gasteiger partial charge < -0.3 is 25.2 Å². The van der Waals surface area contributed by atoms with Gasteiger partial charge >= 0.3 is 0 Å². The van der Waals surface area contributed by atoms with Crippen molar-refractivity contribution >= 4 is 41.5 Å². The Morgan fingerprint density at radius 3 is 2.38 bits per heavy atom. The molecule has 1 amide bonds. The van der Waals surface area contributed by atoms with Gasteiger partial charge in [0.1, 0.15) is 0 Å². The van der Waals surface area contributed by atoms with Gasteiger partial charge in [0.2, 0.25) is 5.91 Å². The Kier molecular flexibility index (Phi) is 9.99. The molecule has 2 aliphatic heterocycles. The number of rotatable bonds is 5. The predicted molar refractivity (Wildman–Crippen MR) is 128 cm³/mol. The molecule has 2 heterocycles. The average molecular weight is 515 g/mol. The quantitative estimate of drug-likeness (QED) is 0.357. The fourth-order valence-corrected chi connectivity index (χ4v) is 3.87. The van der Waals surface area contributed by atoms with Crippen molar-refractivity contribution in [1.82, 2.24) is 15.5 Å². The van der Waals surface area contributed by atoms with Crippen molar-refractivity contribution < 1.29 is 9.53 Å². The Labute approximate surface area is 191 Å². The lowest BCUT2D eigenvalue weighted by Crippen LogP contribution is -2.45. The number of guanidine groups is 1. The number of piperidine rings is 1. The second-order valence-electron chi connectivity index (χ2n) is 7.47. The minimum absolute atomic E-state index is 0. The highest BCUT2D eigenvalue weighted by Gasteiger charge is 2.23. The Bertz CT molecular complexity index is 654. The molecule has 0 bridgehead atoms. The first-order chi connectivity index (χ1) is 13.7. The molecule has 0 atom stereocenters. The number of anilines is 1. The average Bonchev–Trinajstić information content (AvgIpc) is 2.76. The SMILES string of the molecule is CN=C(NCc1ccc(N2CCOCC2)cc1)N1CCC(CC(=O)NC)CC1.I. The molecule has 0 aromatic heterocycles. The molecule has 2 aliphatic rings. The Morgan fingerprint density at radius 2 is 1.79 bits per heavy atom. The number of amides is 1. The monoisotopic (exact) mass is 515 g/mol. The summed E-state index contributed by atoms with van der Waals surface area (Å²) in [5, 5.41) is 6.21. The molecule has 3 rings (SSSR count). The summed E-state index contributed by atoms with van der Waals surface area (Å²) < 4.78 is 5.42. The largest absolute Gasteiger partial charge is 0.378 e. The van der Waals surface area contributed by atoms with Crippen molar-refractivity contribution in [2.45, 2.75) is 25.8 Å². The molecular weight excluding hydrogens is 481 g/mol. The van der Waals surface area contributed by atoms with Crippen molar-refractivity contribution in [1.29, 1.82) is 0 Å². The van der Waals surface area contributed by atoms with Crippen LogP contribution in [0.25, 0.3) is 0 Å². The van der Waals surface area contributed by atoms with Gasteiger partial charge in [-0.1, -0.05) is 12.1 Å². The van der Waals surface area contributed by atoms with Gasteiger partial charge in [0.25, 0.3) is 0 Å². The van der Waals surface area contributed by atoms with Gasteiger partial charge in [-0.3, -0.25) is 9.79 Å². The van der Waals surface area contributed by atoms with E-state index >= 15 is 0 Å². The van der Waals surface area contributed by atoms with Gasteiger partial charge in [-0.15, -0.1) is 24.0 Å². The Hall–Kier alpha value is -1.55. The van der Waals surface area contributed by atoms with Crippen LogP contribution in [-0.4, -0.2) is 70.3 Å². The standard InChI is InChI=1S/C21H33N5O2.HI/c1-22-20(27)15-17-7-9-26(10-8-17)21(23-2)24-16-18-3-5-19(6-4-18)25-11-13-28-14-12-25;/h3-6,17H,7-16H2,1-2H3,(H,22,27)(H,23,24);1H. The zero-order valence-electron chi connectivity index (χ0n) is 17.5. The van der Waals surface area contributed by atoms with Crippen LogP contribution in [0.5, 0.6) is 0 Å². The second-order valence-corrected chi connectivity index (χ2v) is 7.47. The van der Waals surface area contributed by atoms with E-state index in [-0.39, 0.29) is 29.9 Å². The number of ether oxygens (including phenoxy) is 1. The molecule has 2 fully saturated rings. The summed E-state index contributed by atoms with van der Waals surface area (Å²) in [6.07, 6.45) is 2.69. The van der Waals surface area contributed by atoms with Gasteiger partial charge in [0.15, 0.2) is 5.96 Å². The maximum Gasteiger partial charge on any atom is 0.220 e. The number of carbonyl (C=O) groups excluding carboxylic acids is 1. The highest BCUT2D eigenvalue weighted by Crippen LogP contribution is 2.21. The summed E-state index contributed by atoms with van der Waals surface area (Å²) in [5.74, 6) is 1.55. The lowest BCUT2D eigenvalue weighted by molar-refractivity contribution is -0.121. The predicted octanol–water partition coefficient (Wildman–Crippen LogP) is 2.06. The number of hydrogen-bond donors (Lipinski definition) is 2. The second kappa shape index (κ2) is 12.2. The van der Waals surface area contributed by atoms with Crippen LogP contribution in [0.3, 0.4) is 0 Å². The molecule has 29 heavy (non-hydrogen) atoms. The first-order valence-corrected chi connectivity index (χ1v) is 10.3. The fraction of sp³-hybridized carbons (Fsp3) is 0.619. The molecule has 0 radical (unpaired) electrons. The van der Waals surface area contributed by atoms with E-state index in [2.05, 4.69) is 49.7 Å². The third-order valence-corrected chi connectivity index (χ3v) is 5.64. The van der Waals surface area contributed by atoms with Crippen LogP contribution in [0.4, 0.5) is 5.69 Å². The number of benzene rings is 1. The van der Waals surface area contributed by atoms with Crippen LogP contribution in [0, 0.1) is 5.92 Å². The van der Waals surface area contributed by atoms with Gasteiger partial charge in [-0.2, -0.15) is 0 Å². The minimum Gasteiger partial charge on any atom is -0.378 e. The fourth-order valence-electron chi connectivity index (χ4n) is 3.87. The Balaban J connectivity index is 0.00000300. The number of likely N-dealkylation sites (tertiary alicyclic amines) is 1. The van der Waals surface area contributed by atoms with Gasteiger partial charge in [0.05, 0.1) is 13.2 Å². The van der Waals surface area contributed by atoms with Crippen LogP contribution in [0.15, 0.2) is 29.3 Å². The van der Waals surface area contributed by atoms with Crippen molar-refractivity contribution in [3.05, 3.63) is 29.8 Å². The molecule has 2 N–H and O–H groups in total. The van der Waals surface area contributed by atoms with E-state index < -0.39 is 0 Å². The zero-order valence-corrected chi connectivity index (χ0v) is 19.9. The Morgan fingerprint density at radius 1 is 1.14 bits per heavy atom. The van der Waals surface area contributed by atoms with E-state index in [0.29, 0.717) is 12.3 Å². The molecule has 0 spiro atoms. The molecule has 1 aromatic carbocycles. The van der Waals surface area contributed by atoms with Crippen LogP contribution in [-0.2, 0) is 16.1 Å². The van der Waals surface area contributed by atoms with Crippen molar-refractivity contribution in [2.75, 3.05) is 58.4 Å². The number of nitrogens with zero attached hydrogens (tertiary/aromatic N) is 3. The summed E-state index contributed by atoms with van der Waals surface area (Å²) in [4.78, 5) is 20.7. The van der Waals surface area contributed by atoms with Gasteiger partial charge in [0, 0.05) is 58.9 Å². The molecule has 162 valence electrons. The molecule has 7 nitrogen and oxygen atoms in total. The maximum atomic E-state index is 11.6. The summed E-state index contributed by atoms with van der Waals surface area (Å²) in [5.41, 5.74) is 2.50. The van der Waals surface area contributed by atoms with E-state index in [1.54, 1.807) is 7.05 Å². The third kappa shape index (κ3) is 7.02. The summed E-state index contributed by atoms with van der Waals surface area (Å²) >= 11 is 0. The number of carbonyl (C=O) groups is 1. The molecule has 0 unspecified atom stereocenters. The topological polar surface area (TPSA) is 69.2 Å². The van der Waals surface area contributed by atoms with E-state index in [9.17, 15) is 4.79 Å². The third-order valence-electron chi connectivity index (χ3n) is 5.64. The number of hydrogen-bond acceptors (Lipinski definition) is 4. The summed E-state index contributed by atoms with van der Waals surface area (Å²) in [6.45, 7) is 6.17. The van der Waals surface area contributed by atoms with Crippen molar-refractivity contribution in [3.63, 3.8) is 0 Å². The van der Waals surface area contributed by atoms with E-state index in [4.69, 9.17) is 4.74 Å². The summed E-state index contributed by atoms with van der Waals surface area (Å²) in [7, 11) is 3.54. The number of halogens is 1.